The zero-order valence-corrected chi connectivity index (χ0v) is 14.6. The molecule has 2 aromatic rings. The Bertz CT molecular complexity index is 899. The van der Waals surface area contributed by atoms with Crippen LogP contribution in [0, 0.1) is 0 Å². The minimum Gasteiger partial charge on any atom is -0.368 e. The lowest BCUT2D eigenvalue weighted by atomic mass is 10.1. The van der Waals surface area contributed by atoms with Gasteiger partial charge in [-0.1, -0.05) is 6.07 Å². The molecule has 1 aromatic heterocycles. The van der Waals surface area contributed by atoms with Crippen LogP contribution in [0.4, 0.5) is 18.9 Å². The van der Waals surface area contributed by atoms with E-state index in [0.29, 0.717) is 25.0 Å². The van der Waals surface area contributed by atoms with E-state index in [1.54, 1.807) is 6.07 Å². The highest BCUT2D eigenvalue weighted by molar-refractivity contribution is 7.88. The van der Waals surface area contributed by atoms with E-state index in [0.717, 1.165) is 17.8 Å². The zero-order chi connectivity index (χ0) is 18.4. The van der Waals surface area contributed by atoms with Gasteiger partial charge in [-0.3, -0.25) is 4.98 Å². The largest absolute Gasteiger partial charge is 0.416 e. The van der Waals surface area contributed by atoms with Gasteiger partial charge in [-0.05, 0) is 25.1 Å². The van der Waals surface area contributed by atoms with Crippen molar-refractivity contribution in [2.24, 2.45) is 0 Å². The fourth-order valence-electron chi connectivity index (χ4n) is 3.24. The number of benzene rings is 1. The van der Waals surface area contributed by atoms with Crippen LogP contribution in [-0.2, 0) is 16.2 Å². The molecule has 3 rings (SSSR count). The number of piperazine rings is 1. The summed E-state index contributed by atoms with van der Waals surface area (Å²) in [5, 5.41) is 0.621. The maximum Gasteiger partial charge on any atom is 0.416 e. The molecule has 2 heterocycles. The third-order valence-corrected chi connectivity index (χ3v) is 5.77. The van der Waals surface area contributed by atoms with Crippen molar-refractivity contribution in [3.8, 4) is 0 Å². The van der Waals surface area contributed by atoms with Gasteiger partial charge in [-0.2, -0.15) is 17.5 Å². The van der Waals surface area contributed by atoms with Crippen molar-refractivity contribution >= 4 is 26.6 Å². The highest BCUT2D eigenvalue weighted by Crippen LogP contribution is 2.34. The molecular formula is C16H18F3N3O2S. The Morgan fingerprint density at radius 2 is 1.92 bits per heavy atom. The number of nitrogens with zero attached hydrogens (tertiary/aromatic N) is 3. The lowest BCUT2D eigenvalue weighted by Gasteiger charge is -2.39. The van der Waals surface area contributed by atoms with Crippen LogP contribution < -0.4 is 4.90 Å². The van der Waals surface area contributed by atoms with Gasteiger partial charge in [-0.15, -0.1) is 0 Å². The van der Waals surface area contributed by atoms with Gasteiger partial charge < -0.3 is 4.90 Å². The van der Waals surface area contributed by atoms with E-state index < -0.39 is 21.8 Å². The Kier molecular flexibility index (Phi) is 4.40. The average molecular weight is 373 g/mol. The Hall–Kier alpha value is -1.87. The van der Waals surface area contributed by atoms with Crippen molar-refractivity contribution in [2.75, 3.05) is 30.8 Å². The minimum absolute atomic E-state index is 0.221. The summed E-state index contributed by atoms with van der Waals surface area (Å²) in [4.78, 5) is 6.04. The van der Waals surface area contributed by atoms with Gasteiger partial charge >= 0.3 is 6.18 Å². The molecule has 0 radical (unpaired) electrons. The zero-order valence-electron chi connectivity index (χ0n) is 13.8. The molecule has 0 saturated carbocycles. The van der Waals surface area contributed by atoms with Crippen LogP contribution in [0.2, 0.25) is 0 Å². The molecule has 0 unspecified atom stereocenters. The Balaban J connectivity index is 1.95. The summed E-state index contributed by atoms with van der Waals surface area (Å²) in [7, 11) is -3.28. The van der Waals surface area contributed by atoms with E-state index in [2.05, 4.69) is 4.98 Å². The van der Waals surface area contributed by atoms with Gasteiger partial charge in [0.1, 0.15) is 0 Å². The number of fused-ring (bicyclic) bond motifs is 1. The van der Waals surface area contributed by atoms with Crippen LogP contribution in [0.25, 0.3) is 10.9 Å². The Morgan fingerprint density at radius 3 is 2.52 bits per heavy atom. The quantitative estimate of drug-likeness (QED) is 0.812. The molecule has 1 aromatic carbocycles. The SMILES string of the molecule is C[C@H]1CN(c2ccnc3cc(C(F)(F)F)ccc23)CCN1S(C)(=O)=O. The number of hydrogen-bond acceptors (Lipinski definition) is 4. The molecular weight excluding hydrogens is 355 g/mol. The van der Waals surface area contributed by atoms with Crippen molar-refractivity contribution in [1.29, 1.82) is 0 Å². The van der Waals surface area contributed by atoms with Crippen LogP contribution in [0.3, 0.4) is 0 Å². The molecule has 0 spiro atoms. The van der Waals surface area contributed by atoms with Gasteiger partial charge in [0.05, 0.1) is 17.3 Å². The first kappa shape index (κ1) is 17.9. The number of sulfonamides is 1. The van der Waals surface area contributed by atoms with E-state index in [1.165, 1.54) is 22.8 Å². The fraction of sp³-hybridized carbons (Fsp3) is 0.438. The molecule has 1 aliphatic rings. The monoisotopic (exact) mass is 373 g/mol. The maximum atomic E-state index is 12.9. The second-order valence-electron chi connectivity index (χ2n) is 6.23. The molecule has 1 aliphatic heterocycles. The number of hydrogen-bond donors (Lipinski definition) is 0. The highest BCUT2D eigenvalue weighted by Gasteiger charge is 2.32. The molecule has 0 amide bonds. The normalized spacial score (nSPS) is 20.2. The Morgan fingerprint density at radius 1 is 1.20 bits per heavy atom. The lowest BCUT2D eigenvalue weighted by molar-refractivity contribution is -0.137. The summed E-state index contributed by atoms with van der Waals surface area (Å²) in [5.74, 6) is 0. The Labute approximate surface area is 144 Å². The van der Waals surface area contributed by atoms with E-state index in [1.807, 2.05) is 11.8 Å². The van der Waals surface area contributed by atoms with Crippen LogP contribution in [-0.4, -0.2) is 49.6 Å². The fourth-order valence-corrected chi connectivity index (χ4v) is 4.37. The first-order valence-corrected chi connectivity index (χ1v) is 9.60. The second kappa shape index (κ2) is 6.14. The molecule has 1 saturated heterocycles. The van der Waals surface area contributed by atoms with Crippen molar-refractivity contribution in [3.63, 3.8) is 0 Å². The second-order valence-corrected chi connectivity index (χ2v) is 8.16. The summed E-state index contributed by atoms with van der Waals surface area (Å²) in [6.07, 6.45) is -1.76. The first-order valence-electron chi connectivity index (χ1n) is 7.75. The molecule has 136 valence electrons. The molecule has 0 bridgehead atoms. The summed E-state index contributed by atoms with van der Waals surface area (Å²) in [6, 6.07) is 5.03. The van der Waals surface area contributed by atoms with Crippen molar-refractivity contribution < 1.29 is 21.6 Å². The number of alkyl halides is 3. The number of anilines is 1. The maximum absolute atomic E-state index is 12.9. The number of halogens is 3. The third kappa shape index (κ3) is 3.57. The van der Waals surface area contributed by atoms with Crippen molar-refractivity contribution in [1.82, 2.24) is 9.29 Å². The predicted molar refractivity (Wildman–Crippen MR) is 90.0 cm³/mol. The van der Waals surface area contributed by atoms with Gasteiger partial charge in [0.25, 0.3) is 0 Å². The van der Waals surface area contributed by atoms with E-state index in [9.17, 15) is 21.6 Å². The topological polar surface area (TPSA) is 53.5 Å². The number of aromatic nitrogens is 1. The standard InChI is InChI=1S/C16H18F3N3O2S/c1-11-10-21(7-8-22(11)25(2,23)24)15-5-6-20-14-9-12(16(17,18)19)3-4-13(14)15/h3-6,9,11H,7-8,10H2,1-2H3/t11-/m0/s1. The van der Waals surface area contributed by atoms with Crippen molar-refractivity contribution in [3.05, 3.63) is 36.0 Å². The summed E-state index contributed by atoms with van der Waals surface area (Å²) < 4.78 is 63.6. The molecule has 25 heavy (non-hydrogen) atoms. The average Bonchev–Trinajstić information content (AvgIpc) is 2.51. The predicted octanol–water partition coefficient (Wildman–Crippen LogP) is 2.72. The van der Waals surface area contributed by atoms with Gasteiger partial charge in [-0.25, -0.2) is 8.42 Å². The minimum atomic E-state index is -4.42. The molecule has 0 N–H and O–H groups in total. The van der Waals surface area contributed by atoms with Crippen LogP contribution >= 0.6 is 0 Å². The third-order valence-electron chi connectivity index (χ3n) is 4.38. The van der Waals surface area contributed by atoms with Crippen molar-refractivity contribution in [2.45, 2.75) is 19.1 Å². The molecule has 9 heteroatoms. The summed E-state index contributed by atoms with van der Waals surface area (Å²) in [6.45, 7) is 3.09. The number of rotatable bonds is 2. The smallest absolute Gasteiger partial charge is 0.368 e. The van der Waals surface area contributed by atoms with Crippen LogP contribution in [0.15, 0.2) is 30.5 Å². The van der Waals surface area contributed by atoms with E-state index in [4.69, 9.17) is 0 Å². The molecule has 5 nitrogen and oxygen atoms in total. The number of pyridine rings is 1. The molecule has 1 fully saturated rings. The summed E-state index contributed by atoms with van der Waals surface area (Å²) >= 11 is 0. The molecule has 0 aliphatic carbocycles. The first-order chi connectivity index (χ1) is 11.6. The summed E-state index contributed by atoms with van der Waals surface area (Å²) in [5.41, 5.74) is 0.296. The molecule has 1 atom stereocenters. The van der Waals surface area contributed by atoms with Gasteiger partial charge in [0.15, 0.2) is 0 Å². The van der Waals surface area contributed by atoms with Crippen LogP contribution in [0.1, 0.15) is 12.5 Å². The van der Waals surface area contributed by atoms with Gasteiger partial charge in [0, 0.05) is 42.9 Å². The van der Waals surface area contributed by atoms with Gasteiger partial charge in [0.2, 0.25) is 10.0 Å². The lowest BCUT2D eigenvalue weighted by Crippen LogP contribution is -2.53. The van der Waals surface area contributed by atoms with Crippen LogP contribution in [0.5, 0.6) is 0 Å². The highest BCUT2D eigenvalue weighted by atomic mass is 32.2. The van der Waals surface area contributed by atoms with E-state index in [-0.39, 0.29) is 11.6 Å². The van der Waals surface area contributed by atoms with E-state index >= 15 is 0 Å².